The van der Waals surface area contributed by atoms with Crippen molar-refractivity contribution in [2.75, 3.05) is 31.0 Å². The Hall–Kier alpha value is -3.16. The van der Waals surface area contributed by atoms with Gasteiger partial charge in [-0.1, -0.05) is 54.6 Å². The van der Waals surface area contributed by atoms with Gasteiger partial charge in [0.2, 0.25) is 0 Å². The Kier molecular flexibility index (Phi) is 7.57. The third kappa shape index (κ3) is 5.26. The molecular formula is C28H33N3O3S. The third-order valence-corrected chi connectivity index (χ3v) is 8.71. The molecule has 0 aromatic heterocycles. The van der Waals surface area contributed by atoms with Crippen LogP contribution in [0.2, 0.25) is 0 Å². The van der Waals surface area contributed by atoms with E-state index in [-0.39, 0.29) is 22.9 Å². The average Bonchev–Trinajstić information content (AvgIpc) is 3.39. The highest BCUT2D eigenvalue weighted by atomic mass is 32.2. The third-order valence-electron chi connectivity index (χ3n) is 6.93. The highest BCUT2D eigenvalue weighted by Crippen LogP contribution is 2.28. The number of benzene rings is 3. The summed E-state index contributed by atoms with van der Waals surface area (Å²) in [6.45, 7) is 6.46. The zero-order chi connectivity index (χ0) is 25.0. The van der Waals surface area contributed by atoms with Gasteiger partial charge in [-0.2, -0.15) is 0 Å². The van der Waals surface area contributed by atoms with Crippen LogP contribution >= 0.6 is 0 Å². The first-order valence-corrected chi connectivity index (χ1v) is 13.5. The summed E-state index contributed by atoms with van der Waals surface area (Å²) in [4.78, 5) is 17.9. The van der Waals surface area contributed by atoms with Gasteiger partial charge in [-0.05, 0) is 56.2 Å². The van der Waals surface area contributed by atoms with Crippen molar-refractivity contribution in [1.82, 2.24) is 9.80 Å². The quantitative estimate of drug-likeness (QED) is 0.454. The molecule has 1 fully saturated rings. The van der Waals surface area contributed by atoms with Crippen LogP contribution in [0.1, 0.15) is 42.2 Å². The van der Waals surface area contributed by atoms with Crippen LogP contribution in [0.4, 0.5) is 5.69 Å². The summed E-state index contributed by atoms with van der Waals surface area (Å²) in [6, 6.07) is 26.1. The van der Waals surface area contributed by atoms with Crippen molar-refractivity contribution in [1.29, 1.82) is 0 Å². The lowest BCUT2D eigenvalue weighted by molar-refractivity contribution is 0.0689. The van der Waals surface area contributed by atoms with Crippen LogP contribution in [0.5, 0.6) is 0 Å². The van der Waals surface area contributed by atoms with E-state index in [1.807, 2.05) is 24.0 Å². The number of para-hydroxylation sites is 1. The molecule has 0 radical (unpaired) electrons. The SMILES string of the molecule is CCN(C(=O)c1cccc(S(=O)(=O)N(C)c2ccccc2)c1)[C@@H]1CCN([C@H](C)c2ccccc2)C1. The molecule has 1 aliphatic rings. The van der Waals surface area contributed by atoms with Crippen molar-refractivity contribution < 1.29 is 13.2 Å². The molecule has 0 spiro atoms. The number of anilines is 1. The van der Waals surface area contributed by atoms with Crippen molar-refractivity contribution in [2.45, 2.75) is 37.2 Å². The van der Waals surface area contributed by atoms with Crippen molar-refractivity contribution in [3.63, 3.8) is 0 Å². The van der Waals surface area contributed by atoms with Crippen LogP contribution in [0.3, 0.4) is 0 Å². The summed E-state index contributed by atoms with van der Waals surface area (Å²) in [6.07, 6.45) is 0.894. The number of carbonyl (C=O) groups is 1. The minimum absolute atomic E-state index is 0.0888. The second-order valence-electron chi connectivity index (χ2n) is 8.95. The molecule has 35 heavy (non-hydrogen) atoms. The number of amides is 1. The van der Waals surface area contributed by atoms with E-state index in [9.17, 15) is 13.2 Å². The molecule has 0 bridgehead atoms. The van der Waals surface area contributed by atoms with Crippen LogP contribution in [0, 0.1) is 0 Å². The molecule has 1 saturated heterocycles. The molecule has 0 N–H and O–H groups in total. The van der Waals surface area contributed by atoms with E-state index in [2.05, 4.69) is 36.1 Å². The Morgan fingerprint density at radius 1 is 1.00 bits per heavy atom. The van der Waals surface area contributed by atoms with E-state index < -0.39 is 10.0 Å². The van der Waals surface area contributed by atoms with Crippen molar-refractivity contribution >= 4 is 21.6 Å². The molecular weight excluding hydrogens is 458 g/mol. The maximum absolute atomic E-state index is 13.5. The normalized spacial score (nSPS) is 17.2. The summed E-state index contributed by atoms with van der Waals surface area (Å²) >= 11 is 0. The number of sulfonamides is 1. The Labute approximate surface area is 208 Å². The molecule has 3 aromatic carbocycles. The number of rotatable bonds is 8. The molecule has 2 atom stereocenters. The predicted octanol–water partition coefficient (Wildman–Crippen LogP) is 4.81. The molecule has 7 heteroatoms. The van der Waals surface area contributed by atoms with Gasteiger partial charge in [-0.3, -0.25) is 14.0 Å². The van der Waals surface area contributed by atoms with Crippen molar-refractivity contribution in [3.8, 4) is 0 Å². The monoisotopic (exact) mass is 491 g/mol. The average molecular weight is 492 g/mol. The maximum Gasteiger partial charge on any atom is 0.264 e. The fourth-order valence-corrected chi connectivity index (χ4v) is 6.02. The number of nitrogens with zero attached hydrogens (tertiary/aromatic N) is 3. The van der Waals surface area contributed by atoms with E-state index in [1.165, 1.54) is 23.0 Å². The lowest BCUT2D eigenvalue weighted by Crippen LogP contribution is -2.42. The minimum Gasteiger partial charge on any atom is -0.335 e. The minimum atomic E-state index is -3.80. The van der Waals surface area contributed by atoms with Crippen molar-refractivity contribution in [3.05, 3.63) is 96.1 Å². The second kappa shape index (κ2) is 10.6. The Balaban J connectivity index is 1.51. The van der Waals surface area contributed by atoms with E-state index >= 15 is 0 Å². The molecule has 184 valence electrons. The van der Waals surface area contributed by atoms with Gasteiger partial charge in [0.1, 0.15) is 0 Å². The molecule has 1 aliphatic heterocycles. The topological polar surface area (TPSA) is 60.9 Å². The molecule has 1 amide bonds. The van der Waals surface area contributed by atoms with Crippen LogP contribution in [-0.2, 0) is 10.0 Å². The van der Waals surface area contributed by atoms with Crippen molar-refractivity contribution in [2.24, 2.45) is 0 Å². The molecule has 0 aliphatic carbocycles. The first-order chi connectivity index (χ1) is 16.8. The zero-order valence-corrected chi connectivity index (χ0v) is 21.4. The van der Waals surface area contributed by atoms with E-state index in [4.69, 9.17) is 0 Å². The largest absolute Gasteiger partial charge is 0.335 e. The standard InChI is InChI=1S/C28H33N3O3S/c1-4-31(26-18-19-30(21-26)22(2)23-12-7-5-8-13-23)28(32)24-14-11-17-27(20-24)35(33,34)29(3)25-15-9-6-10-16-25/h5-17,20,22,26H,4,18-19,21H2,1-3H3/t22-,26-/m1/s1. The second-order valence-corrected chi connectivity index (χ2v) is 10.9. The molecule has 6 nitrogen and oxygen atoms in total. The lowest BCUT2D eigenvalue weighted by atomic mass is 10.1. The molecule has 0 saturated carbocycles. The van der Waals surface area contributed by atoms with Gasteiger partial charge in [0.25, 0.3) is 15.9 Å². The molecule has 4 rings (SSSR count). The summed E-state index contributed by atoms with van der Waals surface area (Å²) < 4.78 is 27.7. The number of likely N-dealkylation sites (tertiary alicyclic amines) is 1. The molecule has 3 aromatic rings. The summed E-state index contributed by atoms with van der Waals surface area (Å²) in [5.41, 5.74) is 2.23. The van der Waals surface area contributed by atoms with Gasteiger partial charge < -0.3 is 4.90 Å². The van der Waals surface area contributed by atoms with Gasteiger partial charge in [-0.15, -0.1) is 0 Å². The number of hydrogen-bond acceptors (Lipinski definition) is 4. The highest BCUT2D eigenvalue weighted by molar-refractivity contribution is 7.92. The van der Waals surface area contributed by atoms with E-state index in [0.29, 0.717) is 17.8 Å². The summed E-state index contributed by atoms with van der Waals surface area (Å²) in [5, 5.41) is 0. The van der Waals surface area contributed by atoms with Crippen LogP contribution < -0.4 is 4.31 Å². The Morgan fingerprint density at radius 3 is 2.31 bits per heavy atom. The number of hydrogen-bond donors (Lipinski definition) is 0. The maximum atomic E-state index is 13.5. The Bertz CT molecular complexity index is 1250. The zero-order valence-electron chi connectivity index (χ0n) is 20.5. The summed E-state index contributed by atoms with van der Waals surface area (Å²) in [5.74, 6) is -0.133. The predicted molar refractivity (Wildman–Crippen MR) is 140 cm³/mol. The van der Waals surface area contributed by atoms with Gasteiger partial charge in [0.05, 0.1) is 10.6 Å². The van der Waals surface area contributed by atoms with E-state index in [1.54, 1.807) is 42.5 Å². The fourth-order valence-electron chi connectivity index (χ4n) is 4.77. The first kappa shape index (κ1) is 24.9. The van der Waals surface area contributed by atoms with Gasteiger partial charge in [0, 0.05) is 44.3 Å². The Morgan fingerprint density at radius 2 is 1.66 bits per heavy atom. The first-order valence-electron chi connectivity index (χ1n) is 12.1. The summed E-state index contributed by atoms with van der Waals surface area (Å²) in [7, 11) is -2.27. The smallest absolute Gasteiger partial charge is 0.264 e. The van der Waals surface area contributed by atoms with Crippen LogP contribution in [0.25, 0.3) is 0 Å². The lowest BCUT2D eigenvalue weighted by Gasteiger charge is -2.30. The van der Waals surface area contributed by atoms with Gasteiger partial charge in [0.15, 0.2) is 0 Å². The molecule has 0 unspecified atom stereocenters. The van der Waals surface area contributed by atoms with Gasteiger partial charge >= 0.3 is 0 Å². The highest BCUT2D eigenvalue weighted by Gasteiger charge is 2.33. The number of carbonyl (C=O) groups excluding carboxylic acids is 1. The van der Waals surface area contributed by atoms with Crippen LogP contribution in [-0.4, -0.2) is 56.8 Å². The fraction of sp³-hybridized carbons (Fsp3) is 0.321. The number of likely N-dealkylation sites (N-methyl/N-ethyl adjacent to an activating group) is 1. The molecule has 1 heterocycles. The van der Waals surface area contributed by atoms with Crippen LogP contribution in [0.15, 0.2) is 89.8 Å². The van der Waals surface area contributed by atoms with Gasteiger partial charge in [-0.25, -0.2) is 8.42 Å². The van der Waals surface area contributed by atoms with E-state index in [0.717, 1.165) is 19.5 Å².